The molecule has 0 aliphatic heterocycles. The summed E-state index contributed by atoms with van der Waals surface area (Å²) in [4.78, 5) is 0. The van der Waals surface area contributed by atoms with E-state index in [0.29, 0.717) is 12.8 Å². The van der Waals surface area contributed by atoms with Gasteiger partial charge in [-0.2, -0.15) is 0 Å². The van der Waals surface area contributed by atoms with Crippen molar-refractivity contribution in [1.82, 2.24) is 0 Å². The molecular weight excluding hydrogens is 90.1 g/mol. The van der Waals surface area contributed by atoms with E-state index < -0.39 is 12.1 Å². The average molecular weight is 103 g/mol. The lowest BCUT2D eigenvalue weighted by molar-refractivity contribution is 0.126. The van der Waals surface area contributed by atoms with Gasteiger partial charge in [-0.15, -0.1) is 0 Å². The van der Waals surface area contributed by atoms with Crippen molar-refractivity contribution in [3.63, 3.8) is 0 Å². The number of nitrogens with two attached hydrogens (primary N) is 1. The third-order valence-corrected chi connectivity index (χ3v) is 1.47. The van der Waals surface area contributed by atoms with Crippen LogP contribution in [0.25, 0.3) is 0 Å². The summed E-state index contributed by atoms with van der Waals surface area (Å²) < 4.78 is 13.8. The van der Waals surface area contributed by atoms with Crippen molar-refractivity contribution >= 4 is 0 Å². The van der Waals surface area contributed by atoms with Crippen molar-refractivity contribution in [2.75, 3.05) is 6.56 Å². The molecule has 0 spiro atoms. The summed E-state index contributed by atoms with van der Waals surface area (Å²) in [6.07, 6.45) is 2.11. The minimum atomic E-state index is -2.19. The molecule has 0 amide bonds. The van der Waals surface area contributed by atoms with E-state index in [2.05, 4.69) is 0 Å². The molecule has 0 atom stereocenters. The minimum absolute atomic E-state index is 0.594. The lowest BCUT2D eigenvalue weighted by Crippen LogP contribution is -2.49. The molecule has 0 heterocycles. The predicted octanol–water partition coefficient (Wildman–Crippen LogP) is -0.140. The van der Waals surface area contributed by atoms with Crippen LogP contribution in [0.2, 0.25) is 0 Å². The number of aliphatic hydroxyl groups is 1. The van der Waals surface area contributed by atoms with Crippen molar-refractivity contribution in [3.05, 3.63) is 0 Å². The molecule has 1 fully saturated rings. The lowest BCUT2D eigenvalue weighted by Gasteiger charge is -2.35. The van der Waals surface area contributed by atoms with E-state index in [1.165, 1.54) is 0 Å². The van der Waals surface area contributed by atoms with Crippen LogP contribution < -0.4 is 5.73 Å². The maximum absolute atomic E-state index is 8.80. The highest BCUT2D eigenvalue weighted by molar-refractivity contribution is 4.91. The second-order valence-corrected chi connectivity index (χ2v) is 2.12. The van der Waals surface area contributed by atoms with E-state index in [0.717, 1.165) is 6.42 Å². The van der Waals surface area contributed by atoms with Gasteiger partial charge in [-0.05, 0) is 19.3 Å². The summed E-state index contributed by atoms with van der Waals surface area (Å²) >= 11 is 0. The Morgan fingerprint density at radius 1 is 1.86 bits per heavy atom. The Morgan fingerprint density at radius 2 is 2.43 bits per heavy atom. The first-order valence-electron chi connectivity index (χ1n) is 3.47. The molecule has 1 rings (SSSR count). The van der Waals surface area contributed by atoms with Gasteiger partial charge in [0.05, 0.1) is 9.30 Å². The second-order valence-electron chi connectivity index (χ2n) is 2.12. The maximum Gasteiger partial charge on any atom is 0.0611 e. The van der Waals surface area contributed by atoms with Crippen molar-refractivity contribution < 1.29 is 7.85 Å². The molecule has 0 radical (unpaired) electrons. The SMILES string of the molecule is [2H]C([2H])(O)C1(N)CCC1. The highest BCUT2D eigenvalue weighted by Crippen LogP contribution is 2.27. The average Bonchev–Trinajstić information content (AvgIpc) is 1.57. The Hall–Kier alpha value is -0.0800. The van der Waals surface area contributed by atoms with Gasteiger partial charge in [-0.25, -0.2) is 0 Å². The van der Waals surface area contributed by atoms with Crippen molar-refractivity contribution in [1.29, 1.82) is 0 Å². The maximum atomic E-state index is 8.80. The Bertz CT molecular complexity index is 117. The van der Waals surface area contributed by atoms with Crippen LogP contribution in [-0.4, -0.2) is 17.2 Å². The summed E-state index contributed by atoms with van der Waals surface area (Å²) in [5.41, 5.74) is 4.50. The van der Waals surface area contributed by atoms with Crippen LogP contribution in [0.3, 0.4) is 0 Å². The van der Waals surface area contributed by atoms with Crippen LogP contribution in [0.5, 0.6) is 0 Å². The molecular formula is C5H11NO. The van der Waals surface area contributed by atoms with Crippen LogP contribution in [-0.2, 0) is 0 Å². The third-order valence-electron chi connectivity index (χ3n) is 1.47. The summed E-state index contributed by atoms with van der Waals surface area (Å²) in [5, 5.41) is 8.80. The fourth-order valence-corrected chi connectivity index (χ4v) is 0.669. The first kappa shape index (κ1) is 3.05. The number of hydrogen-bond acceptors (Lipinski definition) is 2. The molecule has 1 aliphatic carbocycles. The quantitative estimate of drug-likeness (QED) is 0.485. The van der Waals surface area contributed by atoms with E-state index in [9.17, 15) is 0 Å². The summed E-state index contributed by atoms with van der Waals surface area (Å²) in [6, 6.07) is 0. The molecule has 1 aliphatic rings. The van der Waals surface area contributed by atoms with Gasteiger partial charge >= 0.3 is 0 Å². The van der Waals surface area contributed by atoms with Gasteiger partial charge in [0, 0.05) is 5.54 Å². The Morgan fingerprint density at radius 3 is 2.43 bits per heavy atom. The molecule has 3 N–H and O–H groups in total. The summed E-state index contributed by atoms with van der Waals surface area (Å²) in [6.45, 7) is -2.19. The standard InChI is InChI=1S/C5H11NO/c6-5(4-7)2-1-3-5/h7H,1-4,6H2/i4D2. The van der Waals surface area contributed by atoms with Crippen molar-refractivity contribution in [2.45, 2.75) is 24.8 Å². The predicted molar refractivity (Wildman–Crippen MR) is 27.9 cm³/mol. The number of rotatable bonds is 1. The van der Waals surface area contributed by atoms with Crippen LogP contribution in [0.15, 0.2) is 0 Å². The van der Waals surface area contributed by atoms with Gasteiger partial charge in [0.15, 0.2) is 0 Å². The zero-order chi connectivity index (χ0) is 7.12. The first-order chi connectivity index (χ1) is 3.96. The molecule has 0 aromatic carbocycles. The Balaban J connectivity index is 2.59. The fraction of sp³-hybridized carbons (Fsp3) is 1.00. The number of hydrogen-bond donors (Lipinski definition) is 2. The monoisotopic (exact) mass is 103 g/mol. The van der Waals surface area contributed by atoms with Crippen LogP contribution >= 0.6 is 0 Å². The summed E-state index contributed by atoms with van der Waals surface area (Å²) in [5.74, 6) is 0. The molecule has 0 aromatic heterocycles. The summed E-state index contributed by atoms with van der Waals surface area (Å²) in [7, 11) is 0. The van der Waals surface area contributed by atoms with Crippen LogP contribution in [0, 0.1) is 0 Å². The van der Waals surface area contributed by atoms with Gasteiger partial charge < -0.3 is 10.8 Å². The third kappa shape index (κ3) is 0.763. The molecule has 2 heteroatoms. The Labute approximate surface area is 46.1 Å². The van der Waals surface area contributed by atoms with Gasteiger partial charge in [0.25, 0.3) is 0 Å². The van der Waals surface area contributed by atoms with E-state index >= 15 is 0 Å². The van der Waals surface area contributed by atoms with Crippen LogP contribution in [0.1, 0.15) is 22.0 Å². The Kier molecular flexibility index (Phi) is 0.634. The normalized spacial score (nSPS) is 32.9. The highest BCUT2D eigenvalue weighted by Gasteiger charge is 2.30. The van der Waals surface area contributed by atoms with Gasteiger partial charge in [0.2, 0.25) is 0 Å². The zero-order valence-electron chi connectivity index (χ0n) is 6.15. The highest BCUT2D eigenvalue weighted by atomic mass is 16.3. The minimum Gasteiger partial charge on any atom is -0.394 e. The van der Waals surface area contributed by atoms with Gasteiger partial charge in [-0.1, -0.05) is 0 Å². The largest absolute Gasteiger partial charge is 0.394 e. The van der Waals surface area contributed by atoms with Gasteiger partial charge in [0.1, 0.15) is 0 Å². The molecule has 1 saturated carbocycles. The zero-order valence-corrected chi connectivity index (χ0v) is 4.15. The molecule has 2 nitrogen and oxygen atoms in total. The van der Waals surface area contributed by atoms with E-state index in [1.54, 1.807) is 0 Å². The van der Waals surface area contributed by atoms with E-state index in [-0.39, 0.29) is 0 Å². The van der Waals surface area contributed by atoms with E-state index in [4.69, 9.17) is 13.6 Å². The fourth-order valence-electron chi connectivity index (χ4n) is 0.669. The molecule has 0 unspecified atom stereocenters. The molecule has 42 valence electrons. The molecule has 0 bridgehead atoms. The molecule has 0 aromatic rings. The topological polar surface area (TPSA) is 46.2 Å². The van der Waals surface area contributed by atoms with E-state index in [1.807, 2.05) is 0 Å². The molecule has 7 heavy (non-hydrogen) atoms. The smallest absolute Gasteiger partial charge is 0.0611 e. The van der Waals surface area contributed by atoms with Crippen molar-refractivity contribution in [3.8, 4) is 0 Å². The lowest BCUT2D eigenvalue weighted by atomic mass is 9.79. The van der Waals surface area contributed by atoms with Gasteiger partial charge in [-0.3, -0.25) is 0 Å². The molecule has 0 saturated heterocycles. The second kappa shape index (κ2) is 1.46. The van der Waals surface area contributed by atoms with Crippen LogP contribution in [0.4, 0.5) is 0 Å². The van der Waals surface area contributed by atoms with Crippen molar-refractivity contribution in [2.24, 2.45) is 5.73 Å². The first-order valence-corrected chi connectivity index (χ1v) is 2.47.